The molecule has 1 unspecified atom stereocenters. The maximum Gasteiger partial charge on any atom is 0.124 e. The van der Waals surface area contributed by atoms with Crippen molar-refractivity contribution in [3.8, 4) is 11.5 Å². The van der Waals surface area contributed by atoms with Gasteiger partial charge in [-0.3, -0.25) is 0 Å². The van der Waals surface area contributed by atoms with E-state index in [4.69, 9.17) is 4.74 Å². The third-order valence-corrected chi connectivity index (χ3v) is 3.29. The predicted octanol–water partition coefficient (Wildman–Crippen LogP) is 3.29. The van der Waals surface area contributed by atoms with E-state index < -0.39 is 0 Å². The highest BCUT2D eigenvalue weighted by Gasteiger charge is 2.15. The molecule has 3 heteroatoms. The van der Waals surface area contributed by atoms with Crippen LogP contribution in [0.2, 0.25) is 0 Å². The first-order valence-electron chi connectivity index (χ1n) is 6.91. The SMILES string of the molecule is CCOc1ccccc1C(Cc1cccc(O)c1)NC. The van der Waals surface area contributed by atoms with Crippen LogP contribution in [0.25, 0.3) is 0 Å². The highest BCUT2D eigenvalue weighted by atomic mass is 16.5. The number of hydrogen-bond donors (Lipinski definition) is 2. The zero-order valence-electron chi connectivity index (χ0n) is 12.0. The first-order valence-corrected chi connectivity index (χ1v) is 6.91. The molecule has 2 aromatic rings. The summed E-state index contributed by atoms with van der Waals surface area (Å²) in [5.41, 5.74) is 2.23. The van der Waals surface area contributed by atoms with Crippen molar-refractivity contribution in [2.45, 2.75) is 19.4 Å². The summed E-state index contributed by atoms with van der Waals surface area (Å²) in [5.74, 6) is 1.21. The Morgan fingerprint density at radius 1 is 1.15 bits per heavy atom. The van der Waals surface area contributed by atoms with Gasteiger partial charge in [-0.25, -0.2) is 0 Å². The van der Waals surface area contributed by atoms with E-state index in [9.17, 15) is 5.11 Å². The summed E-state index contributed by atoms with van der Waals surface area (Å²) in [6.45, 7) is 2.64. The molecule has 1 atom stereocenters. The Morgan fingerprint density at radius 3 is 2.65 bits per heavy atom. The molecule has 3 nitrogen and oxygen atoms in total. The average Bonchev–Trinajstić information content (AvgIpc) is 2.46. The average molecular weight is 271 g/mol. The maximum absolute atomic E-state index is 9.56. The number of benzene rings is 2. The third kappa shape index (κ3) is 3.52. The minimum absolute atomic E-state index is 0.152. The summed E-state index contributed by atoms with van der Waals surface area (Å²) in [4.78, 5) is 0. The quantitative estimate of drug-likeness (QED) is 0.847. The van der Waals surface area contributed by atoms with Crippen LogP contribution in [0.3, 0.4) is 0 Å². The maximum atomic E-state index is 9.56. The minimum Gasteiger partial charge on any atom is -0.508 e. The monoisotopic (exact) mass is 271 g/mol. The highest BCUT2D eigenvalue weighted by molar-refractivity contribution is 5.37. The van der Waals surface area contributed by atoms with Gasteiger partial charge in [-0.2, -0.15) is 0 Å². The molecule has 0 aromatic heterocycles. The first kappa shape index (κ1) is 14.4. The van der Waals surface area contributed by atoms with Crippen LogP contribution in [0, 0.1) is 0 Å². The second-order valence-electron chi connectivity index (χ2n) is 4.69. The van der Waals surface area contributed by atoms with Crippen molar-refractivity contribution in [3.05, 3.63) is 59.7 Å². The fourth-order valence-electron chi connectivity index (χ4n) is 2.34. The molecule has 106 valence electrons. The van der Waals surface area contributed by atoms with E-state index in [2.05, 4.69) is 11.4 Å². The lowest BCUT2D eigenvalue weighted by molar-refractivity contribution is 0.332. The number of hydrogen-bond acceptors (Lipinski definition) is 3. The van der Waals surface area contributed by atoms with Crippen molar-refractivity contribution < 1.29 is 9.84 Å². The van der Waals surface area contributed by atoms with Gasteiger partial charge in [0.05, 0.1) is 6.61 Å². The number of ether oxygens (including phenoxy) is 1. The Morgan fingerprint density at radius 2 is 1.95 bits per heavy atom. The lowest BCUT2D eigenvalue weighted by Crippen LogP contribution is -2.19. The van der Waals surface area contributed by atoms with Gasteiger partial charge < -0.3 is 15.2 Å². The molecule has 0 aliphatic carbocycles. The fraction of sp³-hybridized carbons (Fsp3) is 0.294. The van der Waals surface area contributed by atoms with Gasteiger partial charge >= 0.3 is 0 Å². The highest BCUT2D eigenvalue weighted by Crippen LogP contribution is 2.28. The van der Waals surface area contributed by atoms with E-state index in [-0.39, 0.29) is 6.04 Å². The smallest absolute Gasteiger partial charge is 0.124 e. The molecule has 2 N–H and O–H groups in total. The second kappa shape index (κ2) is 6.96. The molecular weight excluding hydrogens is 250 g/mol. The normalized spacial score (nSPS) is 12.1. The Hall–Kier alpha value is -2.00. The molecular formula is C17H21NO2. The molecule has 0 aliphatic heterocycles. The molecule has 0 radical (unpaired) electrons. The largest absolute Gasteiger partial charge is 0.508 e. The number of likely N-dealkylation sites (N-methyl/N-ethyl adjacent to an activating group) is 1. The molecule has 0 bridgehead atoms. The Balaban J connectivity index is 2.24. The minimum atomic E-state index is 0.152. The van der Waals surface area contributed by atoms with Crippen LogP contribution in [0.4, 0.5) is 0 Å². The molecule has 0 fully saturated rings. The Kier molecular flexibility index (Phi) is 5.02. The summed E-state index contributed by atoms with van der Waals surface area (Å²) in [7, 11) is 1.94. The number of phenols is 1. The number of aromatic hydroxyl groups is 1. The summed E-state index contributed by atoms with van der Waals surface area (Å²) in [6.07, 6.45) is 0.801. The lowest BCUT2D eigenvalue weighted by atomic mass is 9.98. The van der Waals surface area contributed by atoms with Crippen LogP contribution in [0.1, 0.15) is 24.1 Å². The van der Waals surface area contributed by atoms with Crippen molar-refractivity contribution in [3.63, 3.8) is 0 Å². The van der Waals surface area contributed by atoms with Gasteiger partial charge in [0.2, 0.25) is 0 Å². The molecule has 0 saturated carbocycles. The summed E-state index contributed by atoms with van der Waals surface area (Å²) in [5, 5.41) is 12.9. The van der Waals surface area contributed by atoms with Crippen molar-refractivity contribution in [1.29, 1.82) is 0 Å². The third-order valence-electron chi connectivity index (χ3n) is 3.29. The topological polar surface area (TPSA) is 41.5 Å². The van der Waals surface area contributed by atoms with Crippen molar-refractivity contribution in [2.75, 3.05) is 13.7 Å². The Bertz CT molecular complexity index is 554. The molecule has 20 heavy (non-hydrogen) atoms. The van der Waals surface area contributed by atoms with Crippen LogP contribution >= 0.6 is 0 Å². The zero-order valence-corrected chi connectivity index (χ0v) is 12.0. The molecule has 0 spiro atoms. The molecule has 0 aliphatic rings. The summed E-state index contributed by atoms with van der Waals surface area (Å²) >= 11 is 0. The van der Waals surface area contributed by atoms with E-state index in [1.807, 2.05) is 44.3 Å². The molecule has 0 amide bonds. The second-order valence-corrected chi connectivity index (χ2v) is 4.69. The Labute approximate surface area is 120 Å². The lowest BCUT2D eigenvalue weighted by Gasteiger charge is -2.20. The van der Waals surface area contributed by atoms with Crippen LogP contribution in [-0.2, 0) is 6.42 Å². The summed E-state index contributed by atoms with van der Waals surface area (Å²) < 4.78 is 5.69. The van der Waals surface area contributed by atoms with Crippen LogP contribution < -0.4 is 10.1 Å². The van der Waals surface area contributed by atoms with E-state index in [1.165, 1.54) is 0 Å². The first-order chi connectivity index (χ1) is 9.74. The van der Waals surface area contributed by atoms with Gasteiger partial charge in [0.25, 0.3) is 0 Å². The van der Waals surface area contributed by atoms with Crippen LogP contribution in [-0.4, -0.2) is 18.8 Å². The van der Waals surface area contributed by atoms with Gasteiger partial charge in [-0.05, 0) is 44.2 Å². The van der Waals surface area contributed by atoms with Gasteiger partial charge in [0.1, 0.15) is 11.5 Å². The molecule has 2 aromatic carbocycles. The van der Waals surface area contributed by atoms with Crippen LogP contribution in [0.15, 0.2) is 48.5 Å². The van der Waals surface area contributed by atoms with Crippen molar-refractivity contribution >= 4 is 0 Å². The van der Waals surface area contributed by atoms with Gasteiger partial charge in [0, 0.05) is 11.6 Å². The standard InChI is InChI=1S/C17H21NO2/c1-3-20-17-10-5-4-9-15(17)16(18-2)12-13-7-6-8-14(19)11-13/h4-11,16,18-19H,3,12H2,1-2H3. The number of para-hydroxylation sites is 1. The number of rotatable bonds is 6. The van der Waals surface area contributed by atoms with Gasteiger partial charge in [-0.1, -0.05) is 30.3 Å². The predicted molar refractivity (Wildman–Crippen MR) is 81.2 cm³/mol. The molecule has 0 heterocycles. The number of phenolic OH excluding ortho intramolecular Hbond substituents is 1. The van der Waals surface area contributed by atoms with Crippen molar-refractivity contribution in [1.82, 2.24) is 5.32 Å². The van der Waals surface area contributed by atoms with E-state index >= 15 is 0 Å². The van der Waals surface area contributed by atoms with Gasteiger partial charge in [0.15, 0.2) is 0 Å². The zero-order chi connectivity index (χ0) is 14.4. The number of nitrogens with one attached hydrogen (secondary N) is 1. The fourth-order valence-corrected chi connectivity index (χ4v) is 2.34. The van der Waals surface area contributed by atoms with Crippen molar-refractivity contribution in [2.24, 2.45) is 0 Å². The van der Waals surface area contributed by atoms with Gasteiger partial charge in [-0.15, -0.1) is 0 Å². The van der Waals surface area contributed by atoms with E-state index in [0.717, 1.165) is 23.3 Å². The van der Waals surface area contributed by atoms with E-state index in [1.54, 1.807) is 12.1 Å². The summed E-state index contributed by atoms with van der Waals surface area (Å²) in [6, 6.07) is 15.6. The van der Waals surface area contributed by atoms with Crippen LogP contribution in [0.5, 0.6) is 11.5 Å². The molecule has 0 saturated heterocycles. The van der Waals surface area contributed by atoms with E-state index in [0.29, 0.717) is 12.4 Å². The molecule has 2 rings (SSSR count).